The number of thiophene rings is 1. The Hall–Kier alpha value is -2.38. The molecular weight excluding hydrogens is 396 g/mol. The van der Waals surface area contributed by atoms with Crippen molar-refractivity contribution in [2.75, 3.05) is 38.0 Å². The van der Waals surface area contributed by atoms with Gasteiger partial charge < -0.3 is 15.5 Å². The van der Waals surface area contributed by atoms with Crippen LogP contribution in [0.2, 0.25) is 0 Å². The molecule has 3 rings (SSSR count). The van der Waals surface area contributed by atoms with Crippen molar-refractivity contribution in [3.8, 4) is 0 Å². The summed E-state index contributed by atoms with van der Waals surface area (Å²) in [5, 5.41) is 10.1. The number of carbonyl (C=O) groups is 2. The largest absolute Gasteiger partial charge is 0.339 e. The molecule has 2 heterocycles. The maximum Gasteiger partial charge on any atom is 0.319 e. The molecule has 1 aromatic heterocycles. The molecule has 1 aromatic carbocycles. The van der Waals surface area contributed by atoms with Crippen molar-refractivity contribution in [3.63, 3.8) is 0 Å². The zero-order chi connectivity index (χ0) is 21.3. The number of hydrogen-bond acceptors (Lipinski definition) is 4. The van der Waals surface area contributed by atoms with E-state index >= 15 is 0 Å². The molecule has 6 nitrogen and oxygen atoms in total. The lowest BCUT2D eigenvalue weighted by molar-refractivity contribution is 0.0724. The molecule has 1 aliphatic heterocycles. The van der Waals surface area contributed by atoms with Gasteiger partial charge in [0.2, 0.25) is 0 Å². The Bertz CT molecular complexity index is 814. The molecule has 7 heteroatoms. The fourth-order valence-electron chi connectivity index (χ4n) is 3.96. The smallest absolute Gasteiger partial charge is 0.319 e. The van der Waals surface area contributed by atoms with Gasteiger partial charge in [-0.3, -0.25) is 9.69 Å². The summed E-state index contributed by atoms with van der Waals surface area (Å²) in [4.78, 5) is 29.5. The number of piperidine rings is 1. The van der Waals surface area contributed by atoms with Crippen LogP contribution in [0.5, 0.6) is 0 Å². The second-order valence-electron chi connectivity index (χ2n) is 7.56. The number of carbonyl (C=O) groups excluding carboxylic acids is 2. The summed E-state index contributed by atoms with van der Waals surface area (Å²) >= 11 is 1.67. The highest BCUT2D eigenvalue weighted by Gasteiger charge is 2.20. The van der Waals surface area contributed by atoms with Crippen LogP contribution in [0.1, 0.15) is 55.1 Å². The first-order valence-corrected chi connectivity index (χ1v) is 11.8. The highest BCUT2D eigenvalue weighted by Crippen LogP contribution is 2.22. The van der Waals surface area contributed by atoms with Crippen molar-refractivity contribution < 1.29 is 9.59 Å². The molecule has 1 aliphatic rings. The van der Waals surface area contributed by atoms with Crippen molar-refractivity contribution >= 4 is 29.0 Å². The first-order valence-electron chi connectivity index (χ1n) is 10.8. The molecule has 0 aliphatic carbocycles. The third-order valence-electron chi connectivity index (χ3n) is 5.65. The number of likely N-dealkylation sites (tertiary alicyclic amines) is 1. The zero-order valence-corrected chi connectivity index (χ0v) is 18.7. The van der Waals surface area contributed by atoms with Gasteiger partial charge in [0.25, 0.3) is 5.91 Å². The number of amides is 3. The molecule has 162 valence electrons. The van der Waals surface area contributed by atoms with Crippen LogP contribution in [0.25, 0.3) is 0 Å². The Morgan fingerprint density at radius 2 is 1.90 bits per heavy atom. The number of benzene rings is 1. The second kappa shape index (κ2) is 11.1. The lowest BCUT2D eigenvalue weighted by atomic mass is 10.1. The third kappa shape index (κ3) is 5.83. The lowest BCUT2D eigenvalue weighted by Gasteiger charge is -2.29. The number of likely N-dealkylation sites (N-methyl/N-ethyl adjacent to an activating group) is 1. The number of rotatable bonds is 8. The predicted octanol–water partition coefficient (Wildman–Crippen LogP) is 4.58. The summed E-state index contributed by atoms with van der Waals surface area (Å²) in [6.45, 7) is 8.25. The van der Waals surface area contributed by atoms with E-state index in [-0.39, 0.29) is 18.0 Å². The van der Waals surface area contributed by atoms with Gasteiger partial charge in [-0.1, -0.05) is 19.9 Å². The van der Waals surface area contributed by atoms with Crippen LogP contribution in [0, 0.1) is 0 Å². The highest BCUT2D eigenvalue weighted by atomic mass is 32.1. The Morgan fingerprint density at radius 1 is 1.13 bits per heavy atom. The average molecular weight is 429 g/mol. The molecule has 1 fully saturated rings. The average Bonchev–Trinajstić information content (AvgIpc) is 3.31. The maximum absolute atomic E-state index is 12.7. The van der Waals surface area contributed by atoms with Crippen LogP contribution in [-0.4, -0.2) is 54.5 Å². The molecule has 0 spiro atoms. The van der Waals surface area contributed by atoms with Gasteiger partial charge in [0.05, 0.1) is 6.04 Å². The monoisotopic (exact) mass is 428 g/mol. The fourth-order valence-corrected chi connectivity index (χ4v) is 4.67. The number of urea groups is 1. The summed E-state index contributed by atoms with van der Waals surface area (Å²) < 4.78 is 0. The summed E-state index contributed by atoms with van der Waals surface area (Å²) in [7, 11) is 0. The normalized spacial score (nSPS) is 15.1. The number of nitrogens with one attached hydrogen (secondary N) is 2. The van der Waals surface area contributed by atoms with E-state index in [2.05, 4.69) is 46.2 Å². The van der Waals surface area contributed by atoms with E-state index in [0.717, 1.165) is 39.0 Å². The van der Waals surface area contributed by atoms with E-state index in [9.17, 15) is 9.59 Å². The first-order chi connectivity index (χ1) is 14.6. The summed E-state index contributed by atoms with van der Waals surface area (Å²) in [5.74, 6) is 0.0396. The molecule has 1 saturated heterocycles. The molecule has 2 aromatic rings. The van der Waals surface area contributed by atoms with Gasteiger partial charge >= 0.3 is 6.03 Å². The standard InChI is InChI=1S/C23H32N4O2S/c1-3-26(4-2)21(19-11-14-30-17-19)16-24-23(29)25-20-10-8-9-18(15-20)22(28)27-12-6-5-7-13-27/h8-11,14-15,17,21H,3-7,12-13,16H2,1-2H3,(H2,24,25,29)/t21-/m1/s1. The van der Waals surface area contributed by atoms with Gasteiger partial charge in [0.15, 0.2) is 0 Å². The van der Waals surface area contributed by atoms with Crippen LogP contribution in [0.15, 0.2) is 41.1 Å². The quantitative estimate of drug-likeness (QED) is 0.647. The molecule has 0 unspecified atom stereocenters. The summed E-state index contributed by atoms with van der Waals surface area (Å²) in [6, 6.07) is 9.20. The minimum atomic E-state index is -0.259. The molecule has 0 radical (unpaired) electrons. The van der Waals surface area contributed by atoms with Crippen molar-refractivity contribution in [2.24, 2.45) is 0 Å². The van der Waals surface area contributed by atoms with Crippen LogP contribution < -0.4 is 10.6 Å². The van der Waals surface area contributed by atoms with Crippen molar-refractivity contribution in [1.82, 2.24) is 15.1 Å². The summed E-state index contributed by atoms with van der Waals surface area (Å²) in [5.41, 5.74) is 2.47. The van der Waals surface area contributed by atoms with Gasteiger partial charge in [-0.25, -0.2) is 4.79 Å². The molecule has 1 atom stereocenters. The Labute approximate surface area is 183 Å². The molecule has 2 N–H and O–H groups in total. The fraction of sp³-hybridized carbons (Fsp3) is 0.478. The lowest BCUT2D eigenvalue weighted by Crippen LogP contribution is -2.39. The Kier molecular flexibility index (Phi) is 8.28. The third-order valence-corrected chi connectivity index (χ3v) is 6.35. The number of nitrogens with zero attached hydrogens (tertiary/aromatic N) is 2. The highest BCUT2D eigenvalue weighted by molar-refractivity contribution is 7.08. The maximum atomic E-state index is 12.7. The van der Waals surface area contributed by atoms with Crippen LogP contribution >= 0.6 is 11.3 Å². The van der Waals surface area contributed by atoms with Gasteiger partial charge in [-0.05, 0) is 72.9 Å². The second-order valence-corrected chi connectivity index (χ2v) is 8.34. The molecule has 0 saturated carbocycles. The first kappa shape index (κ1) is 22.3. The Morgan fingerprint density at radius 3 is 2.57 bits per heavy atom. The van der Waals surface area contributed by atoms with E-state index in [1.807, 2.05) is 23.1 Å². The minimum Gasteiger partial charge on any atom is -0.339 e. The van der Waals surface area contributed by atoms with Gasteiger partial charge in [0, 0.05) is 30.9 Å². The van der Waals surface area contributed by atoms with E-state index in [1.54, 1.807) is 17.4 Å². The molecule has 3 amide bonds. The van der Waals surface area contributed by atoms with Crippen molar-refractivity contribution in [2.45, 2.75) is 39.2 Å². The Balaban J connectivity index is 1.59. The van der Waals surface area contributed by atoms with Crippen LogP contribution in [0.3, 0.4) is 0 Å². The van der Waals surface area contributed by atoms with Gasteiger partial charge in [-0.15, -0.1) is 0 Å². The number of anilines is 1. The van der Waals surface area contributed by atoms with E-state index < -0.39 is 0 Å². The minimum absolute atomic E-state index is 0.0396. The van der Waals surface area contributed by atoms with E-state index in [1.165, 1.54) is 12.0 Å². The summed E-state index contributed by atoms with van der Waals surface area (Å²) in [6.07, 6.45) is 3.30. The predicted molar refractivity (Wildman–Crippen MR) is 123 cm³/mol. The number of hydrogen-bond donors (Lipinski definition) is 2. The van der Waals surface area contributed by atoms with E-state index in [0.29, 0.717) is 17.8 Å². The van der Waals surface area contributed by atoms with Crippen LogP contribution in [0.4, 0.5) is 10.5 Å². The van der Waals surface area contributed by atoms with E-state index in [4.69, 9.17) is 0 Å². The van der Waals surface area contributed by atoms with Crippen LogP contribution in [-0.2, 0) is 0 Å². The van der Waals surface area contributed by atoms with Crippen molar-refractivity contribution in [3.05, 3.63) is 52.2 Å². The molecule has 30 heavy (non-hydrogen) atoms. The molecular formula is C23H32N4O2S. The van der Waals surface area contributed by atoms with Gasteiger partial charge in [-0.2, -0.15) is 11.3 Å². The SMILES string of the molecule is CCN(CC)[C@H](CNC(=O)Nc1cccc(C(=O)N2CCCCC2)c1)c1ccsc1. The zero-order valence-electron chi connectivity index (χ0n) is 17.9. The molecule has 0 bridgehead atoms. The van der Waals surface area contributed by atoms with Gasteiger partial charge in [0.1, 0.15) is 0 Å². The van der Waals surface area contributed by atoms with Crippen molar-refractivity contribution in [1.29, 1.82) is 0 Å². The topological polar surface area (TPSA) is 64.7 Å².